The summed E-state index contributed by atoms with van der Waals surface area (Å²) >= 11 is 0. The molecular formula is C28H30N2O3. The maximum atomic E-state index is 13.7. The predicted octanol–water partition coefficient (Wildman–Crippen LogP) is 4.34. The molecule has 5 nitrogen and oxygen atoms in total. The number of hydrogen-bond donors (Lipinski definition) is 0. The van der Waals surface area contributed by atoms with Crippen molar-refractivity contribution in [1.29, 1.82) is 0 Å². The van der Waals surface area contributed by atoms with E-state index in [-0.39, 0.29) is 17.8 Å². The summed E-state index contributed by atoms with van der Waals surface area (Å²) in [6.45, 7) is 4.01. The van der Waals surface area contributed by atoms with Crippen LogP contribution in [0, 0.1) is 0 Å². The molecule has 1 aliphatic rings. The van der Waals surface area contributed by atoms with Crippen LogP contribution < -0.4 is 0 Å². The van der Waals surface area contributed by atoms with Gasteiger partial charge in [-0.1, -0.05) is 72.8 Å². The first-order chi connectivity index (χ1) is 16.2. The van der Waals surface area contributed by atoms with Crippen LogP contribution in [0.5, 0.6) is 0 Å². The predicted molar refractivity (Wildman–Crippen MR) is 129 cm³/mol. The standard InChI is InChI=1S/C28H30N2O3/c1-33-28(32)25-15-13-22(14-16-25)21-29-17-8-18-30(20-19-29)27(31)26(23-9-4-2-5-10-23)24-11-6-3-7-12-24/h2-7,9-16,26H,8,17-21H2,1H3. The van der Waals surface area contributed by atoms with Crippen molar-refractivity contribution in [1.82, 2.24) is 9.80 Å². The third-order valence-corrected chi connectivity index (χ3v) is 6.19. The van der Waals surface area contributed by atoms with E-state index in [1.165, 1.54) is 7.11 Å². The van der Waals surface area contributed by atoms with Crippen LogP contribution in [0.3, 0.4) is 0 Å². The molecule has 0 bridgehead atoms. The minimum Gasteiger partial charge on any atom is -0.465 e. The lowest BCUT2D eigenvalue weighted by Gasteiger charge is -2.27. The molecule has 1 fully saturated rings. The number of esters is 1. The van der Waals surface area contributed by atoms with Crippen molar-refractivity contribution in [3.63, 3.8) is 0 Å². The van der Waals surface area contributed by atoms with Gasteiger partial charge in [-0.2, -0.15) is 0 Å². The van der Waals surface area contributed by atoms with E-state index >= 15 is 0 Å². The van der Waals surface area contributed by atoms with Crippen LogP contribution in [-0.4, -0.2) is 55.0 Å². The number of benzene rings is 3. The van der Waals surface area contributed by atoms with Gasteiger partial charge in [0.1, 0.15) is 0 Å². The molecule has 0 unspecified atom stereocenters. The first-order valence-electron chi connectivity index (χ1n) is 11.4. The molecule has 3 aromatic rings. The lowest BCUT2D eigenvalue weighted by Crippen LogP contribution is -2.38. The molecule has 5 heteroatoms. The van der Waals surface area contributed by atoms with E-state index in [0.29, 0.717) is 12.1 Å². The zero-order valence-electron chi connectivity index (χ0n) is 19.0. The van der Waals surface area contributed by atoms with Gasteiger partial charge in [-0.05, 0) is 35.2 Å². The number of rotatable bonds is 6. The Bertz CT molecular complexity index is 1010. The molecule has 0 aromatic heterocycles. The van der Waals surface area contributed by atoms with Gasteiger partial charge in [0.2, 0.25) is 5.91 Å². The van der Waals surface area contributed by atoms with Crippen LogP contribution >= 0.6 is 0 Å². The number of methoxy groups -OCH3 is 1. The lowest BCUT2D eigenvalue weighted by molar-refractivity contribution is -0.131. The zero-order chi connectivity index (χ0) is 23.0. The fraction of sp³-hybridized carbons (Fsp3) is 0.286. The van der Waals surface area contributed by atoms with Gasteiger partial charge in [-0.3, -0.25) is 9.69 Å². The van der Waals surface area contributed by atoms with Crippen LogP contribution in [-0.2, 0) is 16.1 Å². The first kappa shape index (κ1) is 22.7. The molecule has 4 rings (SSSR count). The summed E-state index contributed by atoms with van der Waals surface area (Å²) in [5.74, 6) is -0.446. The van der Waals surface area contributed by atoms with Gasteiger partial charge in [0.05, 0.1) is 18.6 Å². The van der Waals surface area contributed by atoms with Crippen LogP contribution in [0.4, 0.5) is 0 Å². The van der Waals surface area contributed by atoms with Crippen LogP contribution in [0.1, 0.15) is 39.4 Å². The topological polar surface area (TPSA) is 49.9 Å². The Kier molecular flexibility index (Phi) is 7.53. The van der Waals surface area contributed by atoms with Crippen LogP contribution in [0.25, 0.3) is 0 Å². The van der Waals surface area contributed by atoms with Crippen molar-refractivity contribution < 1.29 is 14.3 Å². The van der Waals surface area contributed by atoms with Gasteiger partial charge < -0.3 is 9.64 Å². The maximum absolute atomic E-state index is 13.7. The smallest absolute Gasteiger partial charge is 0.337 e. The van der Waals surface area contributed by atoms with E-state index in [4.69, 9.17) is 4.74 Å². The highest BCUT2D eigenvalue weighted by Gasteiger charge is 2.28. The number of hydrogen-bond acceptors (Lipinski definition) is 4. The number of nitrogens with zero attached hydrogens (tertiary/aromatic N) is 2. The molecule has 3 aromatic carbocycles. The van der Waals surface area contributed by atoms with Gasteiger partial charge in [-0.15, -0.1) is 0 Å². The highest BCUT2D eigenvalue weighted by atomic mass is 16.5. The largest absolute Gasteiger partial charge is 0.465 e. The van der Waals surface area contributed by atoms with Crippen molar-refractivity contribution >= 4 is 11.9 Å². The summed E-state index contributed by atoms with van der Waals surface area (Å²) in [6, 6.07) is 27.7. The van der Waals surface area contributed by atoms with E-state index in [0.717, 1.165) is 49.3 Å². The second-order valence-electron chi connectivity index (χ2n) is 8.40. The monoisotopic (exact) mass is 442 g/mol. The summed E-state index contributed by atoms with van der Waals surface area (Å²) in [5, 5.41) is 0. The normalized spacial score (nSPS) is 14.7. The average molecular weight is 443 g/mol. The van der Waals surface area contributed by atoms with Gasteiger partial charge in [0, 0.05) is 32.7 Å². The lowest BCUT2D eigenvalue weighted by atomic mass is 9.90. The highest BCUT2D eigenvalue weighted by molar-refractivity contribution is 5.89. The first-order valence-corrected chi connectivity index (χ1v) is 11.4. The zero-order valence-corrected chi connectivity index (χ0v) is 19.0. The SMILES string of the molecule is COC(=O)c1ccc(CN2CCCN(C(=O)C(c3ccccc3)c3ccccc3)CC2)cc1. The van der Waals surface area contributed by atoms with Crippen molar-refractivity contribution in [2.75, 3.05) is 33.3 Å². The Morgan fingerprint density at radius 2 is 1.39 bits per heavy atom. The summed E-state index contributed by atoms with van der Waals surface area (Å²) in [4.78, 5) is 29.8. The number of ether oxygens (including phenoxy) is 1. The van der Waals surface area contributed by atoms with Gasteiger partial charge >= 0.3 is 5.97 Å². The average Bonchev–Trinajstić information content (AvgIpc) is 3.11. The highest BCUT2D eigenvalue weighted by Crippen LogP contribution is 2.27. The number of amides is 1. The van der Waals surface area contributed by atoms with Gasteiger partial charge in [0.15, 0.2) is 0 Å². The van der Waals surface area contributed by atoms with Gasteiger partial charge in [0.25, 0.3) is 0 Å². The Hall–Kier alpha value is -3.44. The van der Waals surface area contributed by atoms with E-state index in [1.807, 2.05) is 77.7 Å². The third kappa shape index (κ3) is 5.68. The molecule has 33 heavy (non-hydrogen) atoms. The maximum Gasteiger partial charge on any atom is 0.337 e. The molecule has 0 N–H and O–H groups in total. The summed E-state index contributed by atoms with van der Waals surface area (Å²) < 4.78 is 4.77. The molecule has 1 heterocycles. The molecular weight excluding hydrogens is 412 g/mol. The second kappa shape index (κ2) is 10.9. The molecule has 0 atom stereocenters. The van der Waals surface area contributed by atoms with E-state index in [9.17, 15) is 9.59 Å². The Morgan fingerprint density at radius 3 is 1.97 bits per heavy atom. The van der Waals surface area contributed by atoms with Crippen molar-refractivity contribution in [2.45, 2.75) is 18.9 Å². The quantitative estimate of drug-likeness (QED) is 0.533. The molecule has 0 radical (unpaired) electrons. The second-order valence-corrected chi connectivity index (χ2v) is 8.40. The molecule has 0 spiro atoms. The Morgan fingerprint density at radius 1 is 0.788 bits per heavy atom. The molecule has 1 aliphatic heterocycles. The minimum absolute atomic E-state index is 0.164. The fourth-order valence-corrected chi connectivity index (χ4v) is 4.42. The molecule has 1 saturated heterocycles. The number of carbonyl (C=O) groups excluding carboxylic acids is 2. The van der Waals surface area contributed by atoms with Crippen molar-refractivity contribution in [3.8, 4) is 0 Å². The molecule has 0 aliphatic carbocycles. The van der Waals surface area contributed by atoms with Gasteiger partial charge in [-0.25, -0.2) is 4.79 Å². The molecule has 1 amide bonds. The molecule has 170 valence electrons. The third-order valence-electron chi connectivity index (χ3n) is 6.19. The van der Waals surface area contributed by atoms with Crippen molar-refractivity contribution in [3.05, 3.63) is 107 Å². The van der Waals surface area contributed by atoms with E-state index in [1.54, 1.807) is 12.1 Å². The summed E-state index contributed by atoms with van der Waals surface area (Å²) in [5.41, 5.74) is 3.76. The summed E-state index contributed by atoms with van der Waals surface area (Å²) in [6.07, 6.45) is 0.933. The van der Waals surface area contributed by atoms with E-state index < -0.39 is 0 Å². The summed E-state index contributed by atoms with van der Waals surface area (Å²) in [7, 11) is 1.39. The molecule has 0 saturated carbocycles. The van der Waals surface area contributed by atoms with Crippen LogP contribution in [0.15, 0.2) is 84.9 Å². The van der Waals surface area contributed by atoms with E-state index in [2.05, 4.69) is 4.90 Å². The number of carbonyl (C=O) groups is 2. The van der Waals surface area contributed by atoms with Crippen molar-refractivity contribution in [2.24, 2.45) is 0 Å². The van der Waals surface area contributed by atoms with Crippen LogP contribution in [0.2, 0.25) is 0 Å². The minimum atomic E-state index is -0.322. The fourth-order valence-electron chi connectivity index (χ4n) is 4.42. The Balaban J connectivity index is 1.44. The Labute approximate surface area is 195 Å².